The van der Waals surface area contributed by atoms with Gasteiger partial charge in [0.05, 0.1) is 13.2 Å². The lowest BCUT2D eigenvalue weighted by Crippen LogP contribution is -2.35. The van der Waals surface area contributed by atoms with Crippen molar-refractivity contribution in [2.24, 2.45) is 5.92 Å². The lowest BCUT2D eigenvalue weighted by Gasteiger charge is -2.29. The number of likely N-dealkylation sites (tertiary alicyclic amines) is 1. The lowest BCUT2D eigenvalue weighted by molar-refractivity contribution is 0.0706. The van der Waals surface area contributed by atoms with Crippen molar-refractivity contribution in [1.29, 1.82) is 0 Å². The van der Waals surface area contributed by atoms with Crippen molar-refractivity contribution in [3.05, 3.63) is 29.8 Å². The zero-order chi connectivity index (χ0) is 16.5. The van der Waals surface area contributed by atoms with Crippen LogP contribution in [0.4, 0.5) is 0 Å². The number of piperidine rings is 1. The second-order valence-corrected chi connectivity index (χ2v) is 6.83. The average Bonchev–Trinajstić information content (AvgIpc) is 2.59. The summed E-state index contributed by atoms with van der Waals surface area (Å²) in [4.78, 5) is 2.51. The first-order valence-corrected chi connectivity index (χ1v) is 9.22. The second-order valence-electron chi connectivity index (χ2n) is 6.83. The summed E-state index contributed by atoms with van der Waals surface area (Å²) in [6.07, 6.45) is 3.79. The van der Waals surface area contributed by atoms with Gasteiger partial charge in [0.15, 0.2) is 0 Å². The molecule has 0 radical (unpaired) electrons. The molecule has 0 spiro atoms. The topological polar surface area (TPSA) is 21.7 Å². The zero-order valence-electron chi connectivity index (χ0n) is 15.1. The van der Waals surface area contributed by atoms with Crippen LogP contribution in [0.1, 0.15) is 51.5 Å². The number of benzene rings is 1. The molecule has 0 bridgehead atoms. The van der Waals surface area contributed by atoms with Crippen molar-refractivity contribution >= 4 is 0 Å². The number of hydrogen-bond donors (Lipinski definition) is 0. The summed E-state index contributed by atoms with van der Waals surface area (Å²) in [5, 5.41) is 0. The number of ether oxygens (including phenoxy) is 2. The molecule has 0 aliphatic carbocycles. The molecule has 3 heteroatoms. The fourth-order valence-electron chi connectivity index (χ4n) is 3.03. The lowest BCUT2D eigenvalue weighted by atomic mass is 9.98. The molecule has 1 aliphatic rings. The molecule has 1 saturated heterocycles. The van der Waals surface area contributed by atoms with Crippen molar-refractivity contribution in [3.8, 4) is 5.75 Å². The molecule has 23 heavy (non-hydrogen) atoms. The minimum atomic E-state index is 0.536. The minimum absolute atomic E-state index is 0.536. The van der Waals surface area contributed by atoms with Gasteiger partial charge in [0.2, 0.25) is 0 Å². The Morgan fingerprint density at radius 1 is 1.13 bits per heavy atom. The van der Waals surface area contributed by atoms with Gasteiger partial charge in [0.1, 0.15) is 12.4 Å². The first kappa shape index (κ1) is 18.3. The number of nitrogens with zero attached hydrogens (tertiary/aromatic N) is 1. The molecule has 1 aliphatic heterocycles. The third-order valence-corrected chi connectivity index (χ3v) is 4.98. The Hall–Kier alpha value is -1.06. The largest absolute Gasteiger partial charge is 0.491 e. The molecule has 0 amide bonds. The van der Waals surface area contributed by atoms with Crippen LogP contribution >= 0.6 is 0 Å². The van der Waals surface area contributed by atoms with E-state index in [9.17, 15) is 0 Å². The predicted octanol–water partition coefficient (Wildman–Crippen LogP) is 4.33. The van der Waals surface area contributed by atoms with Gasteiger partial charge in [0, 0.05) is 6.54 Å². The minimum Gasteiger partial charge on any atom is -0.491 e. The van der Waals surface area contributed by atoms with Crippen molar-refractivity contribution in [3.63, 3.8) is 0 Å². The molecule has 3 nitrogen and oxygen atoms in total. The van der Waals surface area contributed by atoms with Gasteiger partial charge < -0.3 is 14.4 Å². The van der Waals surface area contributed by atoms with Crippen LogP contribution in [0.2, 0.25) is 0 Å². The van der Waals surface area contributed by atoms with E-state index in [4.69, 9.17) is 9.47 Å². The Balaban J connectivity index is 1.61. The molecule has 1 aromatic carbocycles. The monoisotopic (exact) mass is 319 g/mol. The van der Waals surface area contributed by atoms with E-state index in [2.05, 4.69) is 43.9 Å². The van der Waals surface area contributed by atoms with Gasteiger partial charge >= 0.3 is 0 Å². The summed E-state index contributed by atoms with van der Waals surface area (Å²) < 4.78 is 11.7. The van der Waals surface area contributed by atoms with E-state index < -0.39 is 0 Å². The Kier molecular flexibility index (Phi) is 7.90. The smallest absolute Gasteiger partial charge is 0.122 e. The summed E-state index contributed by atoms with van der Waals surface area (Å²) in [6, 6.07) is 8.36. The van der Waals surface area contributed by atoms with Gasteiger partial charge in [-0.2, -0.15) is 0 Å². The van der Waals surface area contributed by atoms with Gasteiger partial charge in [-0.15, -0.1) is 0 Å². The fourth-order valence-corrected chi connectivity index (χ4v) is 3.03. The quantitative estimate of drug-likeness (QED) is 0.632. The number of rotatable bonds is 9. The molecule has 130 valence electrons. The molecule has 1 aromatic rings. The highest BCUT2D eigenvalue weighted by Gasteiger charge is 2.14. The average molecular weight is 319 g/mol. The van der Waals surface area contributed by atoms with Crippen molar-refractivity contribution in [2.45, 2.75) is 46.0 Å². The van der Waals surface area contributed by atoms with Crippen LogP contribution in [-0.4, -0.2) is 44.4 Å². The molecular formula is C20H33NO2. The molecule has 2 rings (SSSR count). The van der Waals surface area contributed by atoms with Gasteiger partial charge in [-0.1, -0.05) is 39.0 Å². The molecule has 1 atom stereocenters. The maximum absolute atomic E-state index is 5.93. The van der Waals surface area contributed by atoms with Crippen molar-refractivity contribution in [2.75, 3.05) is 39.5 Å². The molecular weight excluding hydrogens is 286 g/mol. The van der Waals surface area contributed by atoms with Gasteiger partial charge in [-0.05, 0) is 55.8 Å². The SMILES string of the molecule is CCC(C)c1ccccc1OCCOCCN1CCC(C)CC1. The molecule has 1 heterocycles. The molecule has 1 unspecified atom stereocenters. The van der Waals surface area contributed by atoms with E-state index in [0.29, 0.717) is 19.1 Å². The second kappa shape index (κ2) is 9.94. The van der Waals surface area contributed by atoms with Gasteiger partial charge in [-0.3, -0.25) is 0 Å². The van der Waals surface area contributed by atoms with Gasteiger partial charge in [0.25, 0.3) is 0 Å². The Morgan fingerprint density at radius 2 is 1.87 bits per heavy atom. The van der Waals surface area contributed by atoms with E-state index in [1.54, 1.807) is 0 Å². The van der Waals surface area contributed by atoms with Crippen LogP contribution in [0.3, 0.4) is 0 Å². The highest BCUT2D eigenvalue weighted by atomic mass is 16.5. The molecule has 0 N–H and O–H groups in total. The summed E-state index contributed by atoms with van der Waals surface area (Å²) >= 11 is 0. The highest BCUT2D eigenvalue weighted by molar-refractivity contribution is 5.35. The maximum Gasteiger partial charge on any atom is 0.122 e. The third-order valence-electron chi connectivity index (χ3n) is 4.98. The summed E-state index contributed by atoms with van der Waals surface area (Å²) in [5.41, 5.74) is 1.30. The van der Waals surface area contributed by atoms with E-state index in [-0.39, 0.29) is 0 Å². The van der Waals surface area contributed by atoms with E-state index in [1.165, 1.54) is 31.5 Å². The zero-order valence-corrected chi connectivity index (χ0v) is 15.1. The molecule has 0 aromatic heterocycles. The van der Waals surface area contributed by atoms with Crippen molar-refractivity contribution in [1.82, 2.24) is 4.90 Å². The fraction of sp³-hybridized carbons (Fsp3) is 0.700. The Morgan fingerprint density at radius 3 is 2.61 bits per heavy atom. The maximum atomic E-state index is 5.93. The Bertz CT molecular complexity index is 441. The normalized spacial score (nSPS) is 18.0. The number of para-hydroxylation sites is 1. The first-order valence-electron chi connectivity index (χ1n) is 9.22. The van der Waals surface area contributed by atoms with Crippen LogP contribution < -0.4 is 4.74 Å². The standard InChI is InChI=1S/C20H33NO2/c1-4-18(3)19-7-5-6-8-20(19)23-16-15-22-14-13-21-11-9-17(2)10-12-21/h5-8,17-18H,4,9-16H2,1-3H3. The van der Waals surface area contributed by atoms with Crippen LogP contribution in [0, 0.1) is 5.92 Å². The van der Waals surface area contributed by atoms with E-state index >= 15 is 0 Å². The van der Waals surface area contributed by atoms with Crippen molar-refractivity contribution < 1.29 is 9.47 Å². The summed E-state index contributed by atoms with van der Waals surface area (Å²) in [7, 11) is 0. The summed E-state index contributed by atoms with van der Waals surface area (Å²) in [5.74, 6) is 2.44. The third kappa shape index (κ3) is 6.15. The number of hydrogen-bond acceptors (Lipinski definition) is 3. The predicted molar refractivity (Wildman–Crippen MR) is 96.3 cm³/mol. The van der Waals surface area contributed by atoms with Crippen LogP contribution in [0.25, 0.3) is 0 Å². The highest BCUT2D eigenvalue weighted by Crippen LogP contribution is 2.28. The van der Waals surface area contributed by atoms with Crippen LogP contribution in [-0.2, 0) is 4.74 Å². The summed E-state index contributed by atoms with van der Waals surface area (Å²) in [6.45, 7) is 12.4. The van der Waals surface area contributed by atoms with Crippen LogP contribution in [0.5, 0.6) is 5.75 Å². The van der Waals surface area contributed by atoms with Gasteiger partial charge in [-0.25, -0.2) is 0 Å². The van der Waals surface area contributed by atoms with E-state index in [1.807, 2.05) is 6.07 Å². The molecule has 1 fully saturated rings. The Labute approximate surface area is 142 Å². The van der Waals surface area contributed by atoms with Crippen LogP contribution in [0.15, 0.2) is 24.3 Å². The first-order chi connectivity index (χ1) is 11.2. The molecule has 0 saturated carbocycles. The van der Waals surface area contributed by atoms with E-state index in [0.717, 1.165) is 31.2 Å².